The van der Waals surface area contributed by atoms with Gasteiger partial charge < -0.3 is 19.2 Å². The van der Waals surface area contributed by atoms with Gasteiger partial charge in [0.1, 0.15) is 37.2 Å². The van der Waals surface area contributed by atoms with Crippen LogP contribution in [0.25, 0.3) is 11.0 Å². The lowest BCUT2D eigenvalue weighted by Crippen LogP contribution is -3.12. The second-order valence-electron chi connectivity index (χ2n) is 6.26. The summed E-state index contributed by atoms with van der Waals surface area (Å²) in [5, 5.41) is 11.1. The number of hydrogen-bond donors (Lipinski definition) is 2. The highest BCUT2D eigenvalue weighted by Gasteiger charge is 2.33. The van der Waals surface area contributed by atoms with Crippen LogP contribution in [0.15, 0.2) is 22.8 Å². The number of carbonyl (C=O) groups is 1. The van der Waals surface area contributed by atoms with E-state index in [1.54, 1.807) is 18.4 Å². The van der Waals surface area contributed by atoms with Crippen LogP contribution in [-0.2, 0) is 11.3 Å². The van der Waals surface area contributed by atoms with E-state index in [-0.39, 0.29) is 17.5 Å². The minimum Gasteiger partial charge on any atom is -0.507 e. The largest absolute Gasteiger partial charge is 0.507 e. The van der Waals surface area contributed by atoms with E-state index in [1.165, 1.54) is 4.90 Å². The lowest BCUT2D eigenvalue weighted by molar-refractivity contribution is -0.921. The van der Waals surface area contributed by atoms with Crippen molar-refractivity contribution in [3.8, 4) is 5.75 Å². The summed E-state index contributed by atoms with van der Waals surface area (Å²) in [6.45, 7) is 4.01. The van der Waals surface area contributed by atoms with Gasteiger partial charge >= 0.3 is 0 Å². The summed E-state index contributed by atoms with van der Waals surface area (Å²) in [4.78, 5) is 13.8. The maximum absolute atomic E-state index is 12.5. The quantitative estimate of drug-likeness (QED) is 0.832. The summed E-state index contributed by atoms with van der Waals surface area (Å²) in [5.74, 6) is 0.548. The highest BCUT2D eigenvalue weighted by Crippen LogP contribution is 2.37. The average Bonchev–Trinajstić information content (AvgIpc) is 3.30. The zero-order valence-corrected chi connectivity index (χ0v) is 12.4. The monoisotopic (exact) mass is 302 g/mol. The van der Waals surface area contributed by atoms with E-state index >= 15 is 0 Å². The van der Waals surface area contributed by atoms with Crippen molar-refractivity contribution in [1.82, 2.24) is 0 Å². The molecule has 2 aliphatic rings. The molecule has 116 valence electrons. The van der Waals surface area contributed by atoms with E-state index in [2.05, 4.69) is 0 Å². The molecule has 0 amide bonds. The van der Waals surface area contributed by atoms with E-state index in [9.17, 15) is 9.90 Å². The number of phenols is 1. The van der Waals surface area contributed by atoms with Gasteiger partial charge in [0, 0.05) is 11.3 Å². The number of rotatable bonds is 4. The predicted octanol–water partition coefficient (Wildman–Crippen LogP) is 1.15. The molecular weight excluding hydrogens is 282 g/mol. The molecule has 0 spiro atoms. The fraction of sp³-hybridized carbons (Fsp3) is 0.471. The van der Waals surface area contributed by atoms with E-state index < -0.39 is 0 Å². The Labute approximate surface area is 128 Å². The van der Waals surface area contributed by atoms with Crippen molar-refractivity contribution in [2.75, 3.05) is 26.3 Å². The molecule has 1 aromatic carbocycles. The van der Waals surface area contributed by atoms with Crippen LogP contribution in [0.2, 0.25) is 0 Å². The van der Waals surface area contributed by atoms with E-state index in [0.717, 1.165) is 50.1 Å². The number of benzene rings is 1. The van der Waals surface area contributed by atoms with Crippen LogP contribution in [0.3, 0.4) is 0 Å². The smallest absolute Gasteiger partial charge is 0.169 e. The van der Waals surface area contributed by atoms with Gasteiger partial charge in [-0.3, -0.25) is 4.79 Å². The van der Waals surface area contributed by atoms with Crippen molar-refractivity contribution >= 4 is 16.8 Å². The molecule has 1 saturated heterocycles. The molecule has 0 atom stereocenters. The van der Waals surface area contributed by atoms with Gasteiger partial charge in [-0.25, -0.2) is 0 Å². The van der Waals surface area contributed by atoms with Crippen molar-refractivity contribution in [2.45, 2.75) is 19.4 Å². The molecule has 4 rings (SSSR count). The Morgan fingerprint density at radius 1 is 1.27 bits per heavy atom. The Hall–Kier alpha value is -1.85. The standard InChI is InChI=1S/C17H19NO4/c19-14-3-4-15-16(12(14)9-18-5-7-21-8-6-18)13(10-22-15)17(20)11-1-2-11/h3-4,10-11,19H,1-2,5-9H2/p+1. The van der Waals surface area contributed by atoms with Crippen LogP contribution >= 0.6 is 0 Å². The van der Waals surface area contributed by atoms with Gasteiger partial charge in [-0.1, -0.05) is 0 Å². The fourth-order valence-corrected chi connectivity index (χ4v) is 3.20. The number of ether oxygens (including phenoxy) is 1. The van der Waals surface area contributed by atoms with Crippen molar-refractivity contribution in [1.29, 1.82) is 0 Å². The topological polar surface area (TPSA) is 64.1 Å². The predicted molar refractivity (Wildman–Crippen MR) is 80.2 cm³/mol. The Morgan fingerprint density at radius 2 is 2.05 bits per heavy atom. The second kappa shape index (κ2) is 5.41. The third-order valence-corrected chi connectivity index (χ3v) is 4.66. The Balaban J connectivity index is 1.75. The van der Waals surface area contributed by atoms with Crippen LogP contribution in [0.4, 0.5) is 0 Å². The molecule has 1 aromatic heterocycles. The number of quaternary nitrogens is 1. The van der Waals surface area contributed by atoms with Crippen LogP contribution in [0.5, 0.6) is 5.75 Å². The SMILES string of the molecule is O=C(c1coc2ccc(O)c(C[NH+]3CCOCC3)c12)C1CC1. The summed E-state index contributed by atoms with van der Waals surface area (Å²) in [7, 11) is 0. The minimum atomic E-state index is 0.145. The van der Waals surface area contributed by atoms with Crippen LogP contribution < -0.4 is 4.90 Å². The molecule has 1 saturated carbocycles. The highest BCUT2D eigenvalue weighted by atomic mass is 16.5. The maximum Gasteiger partial charge on any atom is 0.169 e. The number of furan rings is 1. The number of nitrogens with one attached hydrogen (secondary N) is 1. The Kier molecular flexibility index (Phi) is 3.39. The Bertz CT molecular complexity index is 711. The molecule has 22 heavy (non-hydrogen) atoms. The molecule has 2 heterocycles. The molecule has 1 aliphatic carbocycles. The lowest BCUT2D eigenvalue weighted by Gasteiger charge is -2.24. The minimum absolute atomic E-state index is 0.145. The number of morpholine rings is 1. The van der Waals surface area contributed by atoms with Gasteiger partial charge in [0.25, 0.3) is 0 Å². The van der Waals surface area contributed by atoms with Crippen LogP contribution in [-0.4, -0.2) is 37.2 Å². The summed E-state index contributed by atoms with van der Waals surface area (Å²) in [6, 6.07) is 3.40. The zero-order chi connectivity index (χ0) is 15.1. The first-order valence-corrected chi connectivity index (χ1v) is 7.91. The van der Waals surface area contributed by atoms with Gasteiger partial charge in [-0.2, -0.15) is 0 Å². The molecule has 2 fully saturated rings. The zero-order valence-electron chi connectivity index (χ0n) is 12.4. The molecular formula is C17H20NO4+. The molecule has 5 heteroatoms. The van der Waals surface area contributed by atoms with E-state index in [0.29, 0.717) is 17.7 Å². The molecule has 5 nitrogen and oxygen atoms in total. The van der Waals surface area contributed by atoms with Crippen molar-refractivity contribution in [2.24, 2.45) is 5.92 Å². The van der Waals surface area contributed by atoms with Gasteiger partial charge in [0.15, 0.2) is 5.78 Å². The van der Waals surface area contributed by atoms with Gasteiger partial charge in [-0.15, -0.1) is 0 Å². The number of hydrogen-bond acceptors (Lipinski definition) is 4. The fourth-order valence-electron chi connectivity index (χ4n) is 3.20. The second-order valence-corrected chi connectivity index (χ2v) is 6.26. The normalized spacial score (nSPS) is 19.6. The van der Waals surface area contributed by atoms with E-state index in [4.69, 9.17) is 9.15 Å². The van der Waals surface area contributed by atoms with Gasteiger partial charge in [0.05, 0.1) is 24.3 Å². The third-order valence-electron chi connectivity index (χ3n) is 4.66. The number of fused-ring (bicyclic) bond motifs is 1. The number of carbonyl (C=O) groups excluding carboxylic acids is 1. The number of Topliss-reactive ketones (excluding diaryl/α,β-unsaturated/α-hetero) is 1. The lowest BCUT2D eigenvalue weighted by atomic mass is 10.00. The van der Waals surface area contributed by atoms with Crippen molar-refractivity contribution in [3.63, 3.8) is 0 Å². The molecule has 2 N–H and O–H groups in total. The summed E-state index contributed by atoms with van der Waals surface area (Å²) >= 11 is 0. The number of aromatic hydroxyl groups is 1. The van der Waals surface area contributed by atoms with Crippen molar-refractivity contribution < 1.29 is 24.0 Å². The van der Waals surface area contributed by atoms with Gasteiger partial charge in [-0.05, 0) is 25.0 Å². The van der Waals surface area contributed by atoms with Gasteiger partial charge in [0.2, 0.25) is 0 Å². The number of ketones is 1. The highest BCUT2D eigenvalue weighted by molar-refractivity contribution is 6.10. The molecule has 0 unspecified atom stereocenters. The first-order chi connectivity index (χ1) is 10.7. The number of phenolic OH excluding ortho intramolecular Hbond substituents is 1. The Morgan fingerprint density at radius 3 is 2.77 bits per heavy atom. The summed E-state index contributed by atoms with van der Waals surface area (Å²) in [5.41, 5.74) is 2.15. The van der Waals surface area contributed by atoms with Crippen LogP contribution in [0, 0.1) is 5.92 Å². The third kappa shape index (κ3) is 2.40. The summed E-state index contributed by atoms with van der Waals surface area (Å²) in [6.07, 6.45) is 3.49. The molecule has 1 aliphatic heterocycles. The molecule has 0 radical (unpaired) electrons. The maximum atomic E-state index is 12.5. The molecule has 2 aromatic rings. The average molecular weight is 302 g/mol. The first kappa shape index (κ1) is 13.8. The van der Waals surface area contributed by atoms with Crippen molar-refractivity contribution in [3.05, 3.63) is 29.5 Å². The first-order valence-electron chi connectivity index (χ1n) is 7.91. The summed E-state index contributed by atoms with van der Waals surface area (Å²) < 4.78 is 11.0. The van der Waals surface area contributed by atoms with Crippen LogP contribution in [0.1, 0.15) is 28.8 Å². The molecule has 0 bridgehead atoms. The van der Waals surface area contributed by atoms with E-state index in [1.807, 2.05) is 0 Å².